The highest BCUT2D eigenvalue weighted by Crippen LogP contribution is 2.29. The number of fused-ring (bicyclic) bond motifs is 1. The highest BCUT2D eigenvalue weighted by Gasteiger charge is 2.23. The summed E-state index contributed by atoms with van der Waals surface area (Å²) in [6.07, 6.45) is 5.50. The SMILES string of the molecule is Cc1ccccc1N(CCN1CCC(n2cnc3ccccc3c2=O)CC1)c1ncccc1C. The predicted molar refractivity (Wildman–Crippen MR) is 138 cm³/mol. The Labute approximate surface area is 200 Å². The second-order valence-electron chi connectivity index (χ2n) is 9.13. The minimum absolute atomic E-state index is 0.0698. The van der Waals surface area contributed by atoms with Gasteiger partial charge in [0.25, 0.3) is 5.56 Å². The molecule has 0 atom stereocenters. The quantitative estimate of drug-likeness (QED) is 0.416. The maximum absolute atomic E-state index is 13.0. The second-order valence-corrected chi connectivity index (χ2v) is 9.13. The third-order valence-corrected chi connectivity index (χ3v) is 6.92. The van der Waals surface area contributed by atoms with Gasteiger partial charge in [0.15, 0.2) is 0 Å². The van der Waals surface area contributed by atoms with Gasteiger partial charge in [0.1, 0.15) is 5.82 Å². The van der Waals surface area contributed by atoms with Gasteiger partial charge in [0.2, 0.25) is 0 Å². The van der Waals surface area contributed by atoms with Gasteiger partial charge in [-0.3, -0.25) is 9.36 Å². The van der Waals surface area contributed by atoms with Crippen LogP contribution in [0.15, 0.2) is 78.0 Å². The van der Waals surface area contributed by atoms with Gasteiger partial charge in [-0.1, -0.05) is 36.4 Å². The fourth-order valence-corrected chi connectivity index (χ4v) is 4.97. The van der Waals surface area contributed by atoms with Crippen molar-refractivity contribution in [3.63, 3.8) is 0 Å². The third kappa shape index (κ3) is 4.46. The van der Waals surface area contributed by atoms with E-state index in [0.717, 1.165) is 50.4 Å². The molecule has 0 spiro atoms. The van der Waals surface area contributed by atoms with E-state index in [-0.39, 0.29) is 11.6 Å². The Morgan fingerprint density at radius 2 is 1.65 bits per heavy atom. The van der Waals surface area contributed by atoms with Gasteiger partial charge in [-0.25, -0.2) is 9.97 Å². The summed E-state index contributed by atoms with van der Waals surface area (Å²) >= 11 is 0. The molecule has 3 heterocycles. The second kappa shape index (κ2) is 9.77. The summed E-state index contributed by atoms with van der Waals surface area (Å²) < 4.78 is 1.84. The van der Waals surface area contributed by atoms with Gasteiger partial charge < -0.3 is 9.80 Å². The number of likely N-dealkylation sites (tertiary alicyclic amines) is 1. The van der Waals surface area contributed by atoms with E-state index in [1.807, 2.05) is 41.1 Å². The summed E-state index contributed by atoms with van der Waals surface area (Å²) in [5.41, 5.74) is 4.46. The van der Waals surface area contributed by atoms with E-state index in [1.54, 1.807) is 6.33 Å². The minimum Gasteiger partial charge on any atom is -0.325 e. The lowest BCUT2D eigenvalue weighted by Gasteiger charge is -2.35. The lowest BCUT2D eigenvalue weighted by molar-refractivity contribution is 0.188. The molecule has 0 radical (unpaired) electrons. The van der Waals surface area contributed by atoms with Crippen LogP contribution >= 0.6 is 0 Å². The van der Waals surface area contributed by atoms with Crippen molar-refractivity contribution >= 4 is 22.4 Å². The molecule has 1 aliphatic rings. The third-order valence-electron chi connectivity index (χ3n) is 6.92. The number of hydrogen-bond acceptors (Lipinski definition) is 5. The Hall–Kier alpha value is -3.51. The topological polar surface area (TPSA) is 54.3 Å². The molecule has 174 valence electrons. The summed E-state index contributed by atoms with van der Waals surface area (Å²) in [5.74, 6) is 1.01. The standard InChI is InChI=1S/C28H31N5O/c1-21-8-3-6-12-26(21)32(27-22(2)9-7-15-29-27)19-18-31-16-13-23(14-17-31)33-20-30-25-11-5-4-10-24(25)28(33)34/h3-12,15,20,23H,13-14,16-19H2,1-2H3. The number of rotatable bonds is 6. The Morgan fingerprint density at radius 3 is 2.44 bits per heavy atom. The zero-order valence-electron chi connectivity index (χ0n) is 19.9. The smallest absolute Gasteiger partial charge is 0.261 e. The number of hydrogen-bond donors (Lipinski definition) is 0. The number of benzene rings is 2. The summed E-state index contributed by atoms with van der Waals surface area (Å²) in [6, 6.07) is 20.4. The van der Waals surface area contributed by atoms with Crippen LogP contribution < -0.4 is 10.5 Å². The Kier molecular flexibility index (Phi) is 6.41. The van der Waals surface area contributed by atoms with E-state index in [9.17, 15) is 4.79 Å². The lowest BCUT2D eigenvalue weighted by atomic mass is 10.0. The molecule has 0 saturated carbocycles. The van der Waals surface area contributed by atoms with Crippen molar-refractivity contribution < 1.29 is 0 Å². The van der Waals surface area contributed by atoms with Crippen molar-refractivity contribution in [2.45, 2.75) is 32.7 Å². The first-order valence-electron chi connectivity index (χ1n) is 12.0. The van der Waals surface area contributed by atoms with E-state index in [4.69, 9.17) is 4.98 Å². The fraction of sp³-hybridized carbons (Fsp3) is 0.321. The zero-order chi connectivity index (χ0) is 23.5. The first-order chi connectivity index (χ1) is 16.6. The molecule has 0 N–H and O–H groups in total. The summed E-state index contributed by atoms with van der Waals surface area (Å²) in [6.45, 7) is 8.02. The molecule has 4 aromatic rings. The fourth-order valence-electron chi connectivity index (χ4n) is 4.97. The first-order valence-corrected chi connectivity index (χ1v) is 12.0. The number of nitrogens with zero attached hydrogens (tertiary/aromatic N) is 5. The molecule has 5 rings (SSSR count). The van der Waals surface area contributed by atoms with Gasteiger partial charge in [0.05, 0.1) is 17.2 Å². The van der Waals surface area contributed by atoms with Crippen LogP contribution in [0.3, 0.4) is 0 Å². The summed E-state index contributed by atoms with van der Waals surface area (Å²) in [4.78, 5) is 27.1. The van der Waals surface area contributed by atoms with Crippen molar-refractivity contribution in [2.24, 2.45) is 0 Å². The van der Waals surface area contributed by atoms with Crippen molar-refractivity contribution in [3.8, 4) is 0 Å². The number of para-hydroxylation sites is 2. The number of pyridine rings is 1. The average molecular weight is 454 g/mol. The molecular formula is C28H31N5O. The van der Waals surface area contributed by atoms with Crippen molar-refractivity contribution in [1.29, 1.82) is 0 Å². The van der Waals surface area contributed by atoms with Gasteiger partial charge in [-0.15, -0.1) is 0 Å². The van der Waals surface area contributed by atoms with Crippen molar-refractivity contribution in [2.75, 3.05) is 31.1 Å². The Balaban J connectivity index is 1.28. The zero-order valence-corrected chi connectivity index (χ0v) is 19.9. The number of anilines is 2. The van der Waals surface area contributed by atoms with Crippen molar-refractivity contribution in [1.82, 2.24) is 19.4 Å². The normalized spacial score (nSPS) is 15.0. The summed E-state index contributed by atoms with van der Waals surface area (Å²) in [7, 11) is 0. The molecule has 6 heteroatoms. The van der Waals surface area contributed by atoms with Gasteiger partial charge in [0, 0.05) is 44.1 Å². The Morgan fingerprint density at radius 1 is 0.912 bits per heavy atom. The molecule has 0 aliphatic carbocycles. The van der Waals surface area contributed by atoms with Gasteiger partial charge in [-0.2, -0.15) is 0 Å². The van der Waals surface area contributed by atoms with E-state index in [2.05, 4.69) is 59.0 Å². The van der Waals surface area contributed by atoms with Crippen LogP contribution in [0.5, 0.6) is 0 Å². The van der Waals surface area contributed by atoms with Crippen LogP contribution in [-0.4, -0.2) is 45.6 Å². The van der Waals surface area contributed by atoms with Crippen LogP contribution in [-0.2, 0) is 0 Å². The largest absolute Gasteiger partial charge is 0.325 e. The van der Waals surface area contributed by atoms with Crippen molar-refractivity contribution in [3.05, 3.63) is 94.7 Å². The van der Waals surface area contributed by atoms with E-state index in [0.29, 0.717) is 5.39 Å². The molecule has 2 aromatic carbocycles. The molecule has 0 amide bonds. The van der Waals surface area contributed by atoms with E-state index >= 15 is 0 Å². The van der Waals surface area contributed by atoms with Crippen LogP contribution in [0, 0.1) is 13.8 Å². The van der Waals surface area contributed by atoms with Crippen LogP contribution in [0.4, 0.5) is 11.5 Å². The van der Waals surface area contributed by atoms with Gasteiger partial charge in [-0.05, 0) is 62.1 Å². The highest BCUT2D eigenvalue weighted by molar-refractivity contribution is 5.76. The predicted octanol–water partition coefficient (Wildman–Crippen LogP) is 4.88. The lowest BCUT2D eigenvalue weighted by Crippen LogP contribution is -2.41. The highest BCUT2D eigenvalue weighted by atomic mass is 16.1. The van der Waals surface area contributed by atoms with E-state index < -0.39 is 0 Å². The molecule has 34 heavy (non-hydrogen) atoms. The molecule has 2 aromatic heterocycles. The van der Waals surface area contributed by atoms with Gasteiger partial charge >= 0.3 is 0 Å². The van der Waals surface area contributed by atoms with Crippen LogP contribution in [0.2, 0.25) is 0 Å². The molecular weight excluding hydrogens is 422 g/mol. The number of aryl methyl sites for hydroxylation is 2. The minimum atomic E-state index is 0.0698. The molecule has 0 unspecified atom stereocenters. The maximum atomic E-state index is 13.0. The first kappa shape index (κ1) is 22.3. The molecule has 1 fully saturated rings. The number of piperidine rings is 1. The molecule has 6 nitrogen and oxygen atoms in total. The van der Waals surface area contributed by atoms with Crippen LogP contribution in [0.1, 0.15) is 30.0 Å². The molecule has 1 saturated heterocycles. The Bertz CT molecular complexity index is 1290. The average Bonchev–Trinajstić information content (AvgIpc) is 2.87. The molecule has 1 aliphatic heterocycles. The maximum Gasteiger partial charge on any atom is 0.261 e. The number of aromatic nitrogens is 3. The van der Waals surface area contributed by atoms with E-state index in [1.165, 1.54) is 16.8 Å². The monoisotopic (exact) mass is 453 g/mol. The van der Waals surface area contributed by atoms with Crippen LogP contribution in [0.25, 0.3) is 10.9 Å². The summed E-state index contributed by atoms with van der Waals surface area (Å²) in [5, 5.41) is 0.701. The molecule has 0 bridgehead atoms.